The number of hydrogen-bond donors (Lipinski definition) is 1. The second-order valence-corrected chi connectivity index (χ2v) is 3.63. The van der Waals surface area contributed by atoms with Crippen LogP contribution in [0.25, 0.3) is 0 Å². The quantitative estimate of drug-likeness (QED) is 0.902. The molecule has 0 saturated carbocycles. The molecule has 2 rings (SSSR count). The number of ether oxygens (including phenoxy) is 1. The lowest BCUT2D eigenvalue weighted by atomic mass is 10.2. The van der Waals surface area contributed by atoms with Crippen molar-refractivity contribution in [1.29, 1.82) is 0 Å². The summed E-state index contributed by atoms with van der Waals surface area (Å²) < 4.78 is 36.4. The topological polar surface area (TPSA) is 68.4 Å². The minimum absolute atomic E-state index is 0.136. The molecule has 96 valence electrons. The first-order chi connectivity index (χ1) is 8.61. The van der Waals surface area contributed by atoms with E-state index in [-0.39, 0.29) is 12.2 Å². The molecule has 0 atom stereocenters. The first-order valence-electron chi connectivity index (χ1n) is 5.11. The molecule has 5 nitrogen and oxygen atoms in total. The highest BCUT2D eigenvalue weighted by Gasteiger charge is 2.14. The Labute approximate surface area is 101 Å². The van der Waals surface area contributed by atoms with Crippen LogP contribution < -0.4 is 4.74 Å². The molecule has 1 aromatic carbocycles. The lowest BCUT2D eigenvalue weighted by Crippen LogP contribution is -2.02. The predicted molar refractivity (Wildman–Crippen MR) is 55.6 cm³/mol. The Hall–Kier alpha value is -2.02. The van der Waals surface area contributed by atoms with Crippen LogP contribution in [0.1, 0.15) is 17.0 Å². The Bertz CT molecular complexity index is 534. The monoisotopic (exact) mass is 256 g/mol. The molecule has 1 aromatic heterocycles. The van der Waals surface area contributed by atoms with Crippen molar-refractivity contribution in [2.75, 3.05) is 0 Å². The number of hydrogen-bond acceptors (Lipinski definition) is 5. The first kappa shape index (κ1) is 12.4. The highest BCUT2D eigenvalue weighted by Crippen LogP contribution is 2.24. The second-order valence-electron chi connectivity index (χ2n) is 3.63. The molecule has 0 unspecified atom stereocenters. The Morgan fingerprint density at radius 2 is 1.94 bits per heavy atom. The van der Waals surface area contributed by atoms with E-state index in [4.69, 9.17) is 9.84 Å². The maximum absolute atomic E-state index is 13.5. The summed E-state index contributed by atoms with van der Waals surface area (Å²) in [6.45, 7) is 1.04. The van der Waals surface area contributed by atoms with Gasteiger partial charge in [-0.1, -0.05) is 10.3 Å². The number of halogens is 2. The van der Waals surface area contributed by atoms with Crippen LogP contribution in [0.5, 0.6) is 5.75 Å². The summed E-state index contributed by atoms with van der Waals surface area (Å²) in [6.07, 6.45) is 0. The van der Waals surface area contributed by atoms with Crippen LogP contribution in [0.4, 0.5) is 8.78 Å². The lowest BCUT2D eigenvalue weighted by Gasteiger charge is -2.08. The molecule has 0 aliphatic carbocycles. The molecule has 1 heterocycles. The molecule has 18 heavy (non-hydrogen) atoms. The van der Waals surface area contributed by atoms with Gasteiger partial charge in [-0.05, 0) is 24.6 Å². The fraction of sp³-hybridized carbons (Fsp3) is 0.273. The van der Waals surface area contributed by atoms with Gasteiger partial charge in [-0.15, -0.1) is 0 Å². The van der Waals surface area contributed by atoms with E-state index in [0.29, 0.717) is 11.4 Å². The molecule has 0 fully saturated rings. The van der Waals surface area contributed by atoms with E-state index in [0.717, 1.165) is 12.1 Å². The molecule has 1 N–H and O–H groups in total. The van der Waals surface area contributed by atoms with Crippen LogP contribution in [-0.2, 0) is 13.2 Å². The summed E-state index contributed by atoms with van der Waals surface area (Å²) in [7, 11) is 0. The standard InChI is InChI=1S/C11H10F2N2O3/c1-6-10(15-18-14-6)5-17-11-8(12)2-7(4-16)3-9(11)13/h2-3,16H,4-5H2,1H3. The summed E-state index contributed by atoms with van der Waals surface area (Å²) in [6, 6.07) is 2.01. The van der Waals surface area contributed by atoms with Gasteiger partial charge in [-0.2, -0.15) is 0 Å². The van der Waals surface area contributed by atoms with E-state index < -0.39 is 24.0 Å². The molecule has 0 spiro atoms. The van der Waals surface area contributed by atoms with E-state index in [2.05, 4.69) is 14.9 Å². The van der Waals surface area contributed by atoms with Crippen LogP contribution >= 0.6 is 0 Å². The molecular weight excluding hydrogens is 246 g/mol. The van der Waals surface area contributed by atoms with Gasteiger partial charge in [-0.3, -0.25) is 0 Å². The smallest absolute Gasteiger partial charge is 0.191 e. The summed E-state index contributed by atoms with van der Waals surface area (Å²) in [5, 5.41) is 15.8. The average Bonchev–Trinajstić information content (AvgIpc) is 2.73. The Kier molecular flexibility index (Phi) is 3.52. The number of aliphatic hydroxyl groups excluding tert-OH is 1. The van der Waals surface area contributed by atoms with Gasteiger partial charge in [0.25, 0.3) is 0 Å². The summed E-state index contributed by atoms with van der Waals surface area (Å²) >= 11 is 0. The van der Waals surface area contributed by atoms with Gasteiger partial charge >= 0.3 is 0 Å². The summed E-state index contributed by atoms with van der Waals surface area (Å²) in [4.78, 5) is 0. The number of aryl methyl sites for hydroxylation is 1. The molecule has 0 amide bonds. The molecule has 2 aromatic rings. The van der Waals surface area contributed by atoms with E-state index in [1.54, 1.807) is 6.92 Å². The van der Waals surface area contributed by atoms with Gasteiger partial charge in [0, 0.05) is 0 Å². The zero-order valence-corrected chi connectivity index (χ0v) is 9.48. The fourth-order valence-corrected chi connectivity index (χ4v) is 1.36. The minimum atomic E-state index is -0.881. The van der Waals surface area contributed by atoms with Crippen molar-refractivity contribution in [1.82, 2.24) is 10.3 Å². The van der Waals surface area contributed by atoms with Crippen LogP contribution in [0.2, 0.25) is 0 Å². The first-order valence-corrected chi connectivity index (χ1v) is 5.11. The highest BCUT2D eigenvalue weighted by atomic mass is 19.1. The van der Waals surface area contributed by atoms with Gasteiger partial charge in [0.2, 0.25) is 0 Å². The number of aliphatic hydroxyl groups is 1. The highest BCUT2D eigenvalue weighted by molar-refractivity contribution is 5.31. The second kappa shape index (κ2) is 5.09. The molecular formula is C11H10F2N2O3. The lowest BCUT2D eigenvalue weighted by molar-refractivity contribution is 0.250. The number of benzene rings is 1. The third-order valence-corrected chi connectivity index (χ3v) is 2.34. The van der Waals surface area contributed by atoms with E-state index in [1.807, 2.05) is 0 Å². The maximum atomic E-state index is 13.5. The van der Waals surface area contributed by atoms with Gasteiger partial charge in [0.05, 0.1) is 6.61 Å². The van der Waals surface area contributed by atoms with Crippen LogP contribution in [0, 0.1) is 18.6 Å². The minimum Gasteiger partial charge on any atom is -0.481 e. The average molecular weight is 256 g/mol. The molecule has 0 saturated heterocycles. The Balaban J connectivity index is 2.17. The normalized spacial score (nSPS) is 10.7. The molecule has 0 radical (unpaired) electrons. The Morgan fingerprint density at radius 3 is 2.44 bits per heavy atom. The van der Waals surface area contributed by atoms with E-state index in [1.165, 1.54) is 0 Å². The predicted octanol–water partition coefficient (Wildman–Crippen LogP) is 1.73. The number of rotatable bonds is 4. The third-order valence-electron chi connectivity index (χ3n) is 2.34. The number of nitrogens with zero attached hydrogens (tertiary/aromatic N) is 2. The Morgan fingerprint density at radius 1 is 1.28 bits per heavy atom. The SMILES string of the molecule is Cc1nonc1COc1c(F)cc(CO)cc1F. The summed E-state index contributed by atoms with van der Waals surface area (Å²) in [5.41, 5.74) is 0.986. The summed E-state index contributed by atoms with van der Waals surface area (Å²) in [5.74, 6) is -2.28. The van der Waals surface area contributed by atoms with Crippen molar-refractivity contribution in [3.8, 4) is 5.75 Å². The maximum Gasteiger partial charge on any atom is 0.191 e. The zero-order chi connectivity index (χ0) is 13.1. The molecule has 0 aliphatic rings. The van der Waals surface area contributed by atoms with Crippen molar-refractivity contribution in [2.24, 2.45) is 0 Å². The van der Waals surface area contributed by atoms with Crippen LogP contribution in [0.15, 0.2) is 16.8 Å². The van der Waals surface area contributed by atoms with Crippen molar-refractivity contribution < 1.29 is 23.3 Å². The molecule has 7 heteroatoms. The van der Waals surface area contributed by atoms with Gasteiger partial charge in [0.1, 0.15) is 18.0 Å². The largest absolute Gasteiger partial charge is 0.481 e. The van der Waals surface area contributed by atoms with E-state index >= 15 is 0 Å². The molecule has 0 aliphatic heterocycles. The van der Waals surface area contributed by atoms with Crippen molar-refractivity contribution >= 4 is 0 Å². The van der Waals surface area contributed by atoms with Gasteiger partial charge in [0.15, 0.2) is 17.4 Å². The van der Waals surface area contributed by atoms with Crippen LogP contribution in [0.3, 0.4) is 0 Å². The van der Waals surface area contributed by atoms with Gasteiger partial charge < -0.3 is 9.84 Å². The zero-order valence-electron chi connectivity index (χ0n) is 9.48. The van der Waals surface area contributed by atoms with E-state index in [9.17, 15) is 8.78 Å². The van der Waals surface area contributed by atoms with Crippen LogP contribution in [-0.4, -0.2) is 15.4 Å². The van der Waals surface area contributed by atoms with Crippen molar-refractivity contribution in [3.05, 3.63) is 40.7 Å². The number of aromatic nitrogens is 2. The van der Waals surface area contributed by atoms with Crippen molar-refractivity contribution in [3.63, 3.8) is 0 Å². The fourth-order valence-electron chi connectivity index (χ4n) is 1.36. The van der Waals surface area contributed by atoms with Gasteiger partial charge in [-0.25, -0.2) is 13.4 Å². The van der Waals surface area contributed by atoms with Crippen molar-refractivity contribution in [2.45, 2.75) is 20.1 Å². The molecule has 0 bridgehead atoms. The third kappa shape index (κ3) is 2.45.